The molecule has 0 bridgehead atoms. The summed E-state index contributed by atoms with van der Waals surface area (Å²) >= 11 is 0. The van der Waals surface area contributed by atoms with Crippen LogP contribution in [-0.4, -0.2) is 33.8 Å². The Kier molecular flexibility index (Phi) is 5.98. The van der Waals surface area contributed by atoms with Gasteiger partial charge < -0.3 is 20.1 Å². The second-order valence-corrected chi connectivity index (χ2v) is 7.51. The van der Waals surface area contributed by atoms with E-state index in [9.17, 15) is 4.79 Å². The van der Waals surface area contributed by atoms with E-state index in [0.717, 1.165) is 16.8 Å². The lowest BCUT2D eigenvalue weighted by Crippen LogP contribution is -2.17. The van der Waals surface area contributed by atoms with Crippen LogP contribution in [0.1, 0.15) is 22.4 Å². The van der Waals surface area contributed by atoms with Crippen LogP contribution in [-0.2, 0) is 13.1 Å². The number of benzene rings is 2. The van der Waals surface area contributed by atoms with Crippen molar-refractivity contribution in [3.63, 3.8) is 0 Å². The molecule has 0 saturated carbocycles. The number of rotatable bonds is 8. The monoisotopic (exact) mass is 434 g/mol. The molecule has 4 rings (SSSR count). The average Bonchev–Trinajstić information content (AvgIpc) is 3.20. The van der Waals surface area contributed by atoms with E-state index in [1.54, 1.807) is 14.2 Å². The Labute approximate surface area is 185 Å². The fraction of sp³-hybridized carbons (Fsp3) is 0.261. The van der Waals surface area contributed by atoms with Crippen LogP contribution >= 0.6 is 0 Å². The van der Waals surface area contributed by atoms with Crippen LogP contribution in [0, 0.1) is 13.8 Å². The first-order chi connectivity index (χ1) is 15.5. The largest absolute Gasteiger partial charge is 0.493 e. The number of fused-ring (bicyclic) bond motifs is 1. The van der Waals surface area contributed by atoms with Crippen molar-refractivity contribution < 1.29 is 9.47 Å². The van der Waals surface area contributed by atoms with Gasteiger partial charge in [-0.05, 0) is 43.2 Å². The molecule has 3 N–H and O–H groups in total. The number of nitrogens with zero attached hydrogens (tertiary/aromatic N) is 3. The normalized spacial score (nSPS) is 10.9. The van der Waals surface area contributed by atoms with Crippen molar-refractivity contribution in [1.82, 2.24) is 19.6 Å². The van der Waals surface area contributed by atoms with Crippen molar-refractivity contribution >= 4 is 17.4 Å². The topological polar surface area (TPSA) is 106 Å². The van der Waals surface area contributed by atoms with Gasteiger partial charge in [-0.2, -0.15) is 9.50 Å². The summed E-state index contributed by atoms with van der Waals surface area (Å²) in [5, 5.41) is 9.46. The smallest absolute Gasteiger partial charge is 0.274 e. The Morgan fingerprint density at radius 1 is 0.938 bits per heavy atom. The maximum absolute atomic E-state index is 12.5. The maximum atomic E-state index is 12.5. The Bertz CT molecular complexity index is 1310. The van der Waals surface area contributed by atoms with Gasteiger partial charge in [0.05, 0.1) is 26.5 Å². The highest BCUT2D eigenvalue weighted by Gasteiger charge is 2.10. The second-order valence-electron chi connectivity index (χ2n) is 7.51. The highest BCUT2D eigenvalue weighted by molar-refractivity contribution is 5.52. The molecule has 0 aliphatic carbocycles. The molecule has 0 aliphatic rings. The molecule has 2 aromatic heterocycles. The number of aryl methyl sites for hydroxylation is 2. The van der Waals surface area contributed by atoms with Crippen LogP contribution in [0.3, 0.4) is 0 Å². The Balaban J connectivity index is 1.48. The van der Waals surface area contributed by atoms with Gasteiger partial charge in [-0.25, -0.2) is 4.98 Å². The predicted octanol–water partition coefficient (Wildman–Crippen LogP) is 3.28. The number of H-pyrrole nitrogens is 1. The fourth-order valence-corrected chi connectivity index (χ4v) is 3.47. The quantitative estimate of drug-likeness (QED) is 0.391. The van der Waals surface area contributed by atoms with Gasteiger partial charge in [-0.1, -0.05) is 23.8 Å². The average molecular weight is 435 g/mol. The van der Waals surface area contributed by atoms with Crippen LogP contribution < -0.4 is 25.7 Å². The lowest BCUT2D eigenvalue weighted by atomic mass is 10.1. The molecule has 0 unspecified atom stereocenters. The van der Waals surface area contributed by atoms with Crippen LogP contribution in [0.5, 0.6) is 11.5 Å². The summed E-state index contributed by atoms with van der Waals surface area (Å²) in [6.45, 7) is 5.01. The molecule has 0 saturated heterocycles. The highest BCUT2D eigenvalue weighted by atomic mass is 16.5. The lowest BCUT2D eigenvalue weighted by Gasteiger charge is -2.09. The Morgan fingerprint density at radius 3 is 2.50 bits per heavy atom. The van der Waals surface area contributed by atoms with Crippen molar-refractivity contribution in [2.24, 2.45) is 0 Å². The SMILES string of the molecule is COc1ccc(CNc2nc3nc(CNc4ccc(C)cc4C)cc(=O)n3[nH]2)cc1OC. The Morgan fingerprint density at radius 2 is 1.75 bits per heavy atom. The summed E-state index contributed by atoms with van der Waals surface area (Å²) in [5.41, 5.74) is 4.73. The van der Waals surface area contributed by atoms with E-state index in [1.807, 2.05) is 37.3 Å². The number of aromatic nitrogens is 4. The molecule has 2 heterocycles. The fourth-order valence-electron chi connectivity index (χ4n) is 3.47. The van der Waals surface area contributed by atoms with Gasteiger partial charge in [0.15, 0.2) is 11.5 Å². The molecule has 4 aromatic rings. The van der Waals surface area contributed by atoms with Gasteiger partial charge in [-0.15, -0.1) is 0 Å². The maximum Gasteiger partial charge on any atom is 0.274 e. The van der Waals surface area contributed by atoms with Crippen molar-refractivity contribution in [3.05, 3.63) is 75.2 Å². The van der Waals surface area contributed by atoms with Crippen LogP contribution in [0.4, 0.5) is 11.6 Å². The standard InChI is InChI=1S/C23H26N6O3/c1-14-5-7-18(15(2)9-14)24-13-17-11-21(30)29-23(26-17)27-22(28-29)25-12-16-6-8-19(31-3)20(10-16)32-4/h5-11,24H,12-13H2,1-4H3,(H2,25,26,27,28). The zero-order chi connectivity index (χ0) is 22.7. The molecule has 2 aromatic carbocycles. The van der Waals surface area contributed by atoms with Gasteiger partial charge >= 0.3 is 0 Å². The van der Waals surface area contributed by atoms with E-state index >= 15 is 0 Å². The summed E-state index contributed by atoms with van der Waals surface area (Å²) in [5.74, 6) is 2.07. The molecule has 0 aliphatic heterocycles. The summed E-state index contributed by atoms with van der Waals surface area (Å²) in [6, 6.07) is 13.3. The number of ether oxygens (including phenoxy) is 2. The van der Waals surface area contributed by atoms with E-state index in [0.29, 0.717) is 42.0 Å². The van der Waals surface area contributed by atoms with Gasteiger partial charge in [0.1, 0.15) is 0 Å². The van der Waals surface area contributed by atoms with E-state index in [1.165, 1.54) is 16.1 Å². The molecule has 32 heavy (non-hydrogen) atoms. The number of hydrogen-bond acceptors (Lipinski definition) is 7. The van der Waals surface area contributed by atoms with Gasteiger partial charge in [0, 0.05) is 18.3 Å². The summed E-state index contributed by atoms with van der Waals surface area (Å²) in [7, 11) is 3.19. The third kappa shape index (κ3) is 4.51. The predicted molar refractivity (Wildman–Crippen MR) is 124 cm³/mol. The van der Waals surface area contributed by atoms with Crippen molar-refractivity contribution in [1.29, 1.82) is 0 Å². The zero-order valence-corrected chi connectivity index (χ0v) is 18.5. The van der Waals surface area contributed by atoms with Gasteiger partial charge in [0.25, 0.3) is 11.3 Å². The van der Waals surface area contributed by atoms with Crippen LogP contribution in [0.15, 0.2) is 47.3 Å². The molecule has 0 radical (unpaired) electrons. The molecule has 9 heteroatoms. The third-order valence-corrected chi connectivity index (χ3v) is 5.13. The minimum Gasteiger partial charge on any atom is -0.493 e. The number of hydrogen-bond donors (Lipinski definition) is 3. The van der Waals surface area contributed by atoms with Gasteiger partial charge in [-0.3, -0.25) is 9.89 Å². The van der Waals surface area contributed by atoms with Crippen molar-refractivity contribution in [3.8, 4) is 11.5 Å². The Hall–Kier alpha value is -4.01. The van der Waals surface area contributed by atoms with E-state index in [2.05, 4.69) is 38.7 Å². The van der Waals surface area contributed by atoms with E-state index < -0.39 is 0 Å². The minimum absolute atomic E-state index is 0.223. The molecule has 0 amide bonds. The molecule has 0 atom stereocenters. The van der Waals surface area contributed by atoms with E-state index in [4.69, 9.17) is 9.47 Å². The zero-order valence-electron chi connectivity index (χ0n) is 18.5. The number of aromatic amines is 1. The number of methoxy groups -OCH3 is 2. The third-order valence-electron chi connectivity index (χ3n) is 5.13. The van der Waals surface area contributed by atoms with Crippen LogP contribution in [0.2, 0.25) is 0 Å². The number of anilines is 2. The molecule has 0 spiro atoms. The first-order valence-electron chi connectivity index (χ1n) is 10.2. The highest BCUT2D eigenvalue weighted by Crippen LogP contribution is 2.27. The minimum atomic E-state index is -0.223. The molecule has 9 nitrogen and oxygen atoms in total. The second kappa shape index (κ2) is 9.01. The lowest BCUT2D eigenvalue weighted by molar-refractivity contribution is 0.354. The van der Waals surface area contributed by atoms with Gasteiger partial charge in [0.2, 0.25) is 5.95 Å². The molecular weight excluding hydrogens is 408 g/mol. The van der Waals surface area contributed by atoms with Crippen molar-refractivity contribution in [2.45, 2.75) is 26.9 Å². The van der Waals surface area contributed by atoms with Crippen molar-refractivity contribution in [2.75, 3.05) is 24.9 Å². The van der Waals surface area contributed by atoms with E-state index in [-0.39, 0.29) is 5.56 Å². The summed E-state index contributed by atoms with van der Waals surface area (Å²) in [6.07, 6.45) is 0. The molecule has 0 fully saturated rings. The summed E-state index contributed by atoms with van der Waals surface area (Å²) in [4.78, 5) is 21.4. The first kappa shape index (κ1) is 21.2. The molecule has 166 valence electrons. The van der Waals surface area contributed by atoms with Crippen LogP contribution in [0.25, 0.3) is 5.78 Å². The molecular formula is C23H26N6O3. The first-order valence-corrected chi connectivity index (χ1v) is 10.2. The summed E-state index contributed by atoms with van der Waals surface area (Å²) < 4.78 is 11.9. The number of nitrogens with one attached hydrogen (secondary N) is 3.